The van der Waals surface area contributed by atoms with Gasteiger partial charge in [-0.2, -0.15) is 0 Å². The minimum atomic E-state index is -3.73. The maximum atomic E-state index is 13.2. The fourth-order valence-corrected chi connectivity index (χ4v) is 5.13. The molecule has 0 N–H and O–H groups in total. The highest BCUT2D eigenvalue weighted by Crippen LogP contribution is 2.35. The Labute approximate surface area is 158 Å². The highest BCUT2D eigenvalue weighted by molar-refractivity contribution is 7.90. The molecular weight excluding hydrogens is 364 g/mol. The molecule has 3 rings (SSSR count). The van der Waals surface area contributed by atoms with E-state index in [1.165, 1.54) is 16.1 Å². The van der Waals surface area contributed by atoms with E-state index in [1.807, 2.05) is 6.92 Å². The van der Waals surface area contributed by atoms with Gasteiger partial charge in [0.25, 0.3) is 15.7 Å². The third kappa shape index (κ3) is 3.14. The Balaban J connectivity index is 2.24. The van der Waals surface area contributed by atoms with Crippen LogP contribution in [-0.4, -0.2) is 17.3 Å². The molecule has 1 aromatic heterocycles. The second-order valence-electron chi connectivity index (χ2n) is 6.26. The van der Waals surface area contributed by atoms with Gasteiger partial charge >= 0.3 is 0 Å². The fraction of sp³-hybridized carbons (Fsp3) is 0.200. The number of non-ortho nitro benzene ring substituents is 1. The molecule has 0 unspecified atom stereocenters. The summed E-state index contributed by atoms with van der Waals surface area (Å²) in [5.74, 6) is 0. The molecule has 0 bridgehead atoms. The van der Waals surface area contributed by atoms with Crippen molar-refractivity contribution in [1.29, 1.82) is 0 Å². The molecule has 0 aliphatic rings. The van der Waals surface area contributed by atoms with Crippen molar-refractivity contribution in [1.82, 2.24) is 3.97 Å². The van der Waals surface area contributed by atoms with Crippen LogP contribution >= 0.6 is 0 Å². The van der Waals surface area contributed by atoms with Crippen LogP contribution in [0.15, 0.2) is 59.5 Å². The van der Waals surface area contributed by atoms with Crippen LogP contribution in [0.5, 0.6) is 0 Å². The molecule has 1 heterocycles. The van der Waals surface area contributed by atoms with Gasteiger partial charge in [0, 0.05) is 29.1 Å². The zero-order valence-corrected chi connectivity index (χ0v) is 16.2. The molecule has 0 fully saturated rings. The Morgan fingerprint density at radius 1 is 0.963 bits per heavy atom. The monoisotopic (exact) mass is 384 g/mol. The zero-order valence-electron chi connectivity index (χ0n) is 15.3. The number of nitro benzene ring substituents is 1. The van der Waals surface area contributed by atoms with Gasteiger partial charge < -0.3 is 0 Å². The maximum Gasteiger partial charge on any atom is 0.269 e. The molecule has 140 valence electrons. The van der Waals surface area contributed by atoms with Gasteiger partial charge in [0.1, 0.15) is 0 Å². The van der Waals surface area contributed by atoms with Crippen LogP contribution in [-0.2, 0) is 16.4 Å². The van der Waals surface area contributed by atoms with E-state index in [4.69, 9.17) is 0 Å². The van der Waals surface area contributed by atoms with Crippen molar-refractivity contribution in [3.8, 4) is 11.1 Å². The molecular formula is C20H20N2O4S. The van der Waals surface area contributed by atoms with Gasteiger partial charge in [0.2, 0.25) is 0 Å². The van der Waals surface area contributed by atoms with Gasteiger partial charge in [-0.1, -0.05) is 25.1 Å². The summed E-state index contributed by atoms with van der Waals surface area (Å²) in [6.07, 6.45) is 0.649. The first kappa shape index (κ1) is 18.8. The summed E-state index contributed by atoms with van der Waals surface area (Å²) in [6, 6.07) is 14.5. The number of rotatable bonds is 5. The molecule has 27 heavy (non-hydrogen) atoms. The van der Waals surface area contributed by atoms with E-state index in [-0.39, 0.29) is 10.6 Å². The Morgan fingerprint density at radius 3 is 2.07 bits per heavy atom. The smallest absolute Gasteiger partial charge is 0.258 e. The first-order chi connectivity index (χ1) is 12.8. The van der Waals surface area contributed by atoms with Crippen molar-refractivity contribution >= 4 is 15.7 Å². The molecule has 0 spiro atoms. The van der Waals surface area contributed by atoms with E-state index in [0.717, 1.165) is 16.7 Å². The highest BCUT2D eigenvalue weighted by Gasteiger charge is 2.26. The largest absolute Gasteiger partial charge is 0.269 e. The van der Waals surface area contributed by atoms with Crippen molar-refractivity contribution in [3.05, 3.63) is 81.7 Å². The number of nitro groups is 1. The topological polar surface area (TPSA) is 82.2 Å². The minimum absolute atomic E-state index is 0.00233. The molecule has 0 radical (unpaired) electrons. The van der Waals surface area contributed by atoms with Crippen molar-refractivity contribution in [2.45, 2.75) is 32.1 Å². The van der Waals surface area contributed by atoms with Crippen molar-refractivity contribution in [2.75, 3.05) is 0 Å². The number of benzene rings is 2. The van der Waals surface area contributed by atoms with E-state index < -0.39 is 14.9 Å². The lowest BCUT2D eigenvalue weighted by Crippen LogP contribution is -2.16. The molecule has 0 saturated carbocycles. The average molecular weight is 384 g/mol. The second kappa shape index (κ2) is 7.00. The standard InChI is InChI=1S/C20H20N2O4S/c1-4-19-14(2)21(27(25,26)18-8-6-5-7-9-18)15(3)20(19)16-10-12-17(13-11-16)22(23)24/h5-13H,4H2,1-3H3. The zero-order chi connectivity index (χ0) is 19.8. The number of nitrogens with zero attached hydrogens (tertiary/aromatic N) is 2. The van der Waals surface area contributed by atoms with Gasteiger partial charge in [0.05, 0.1) is 9.82 Å². The Bertz CT molecular complexity index is 1100. The van der Waals surface area contributed by atoms with Gasteiger partial charge in [-0.25, -0.2) is 12.4 Å². The summed E-state index contributed by atoms with van der Waals surface area (Å²) < 4.78 is 27.8. The number of hydrogen-bond donors (Lipinski definition) is 0. The second-order valence-corrected chi connectivity index (χ2v) is 8.05. The molecule has 0 aliphatic carbocycles. The third-order valence-electron chi connectivity index (χ3n) is 4.71. The lowest BCUT2D eigenvalue weighted by molar-refractivity contribution is -0.384. The molecule has 2 aromatic carbocycles. The van der Waals surface area contributed by atoms with Crippen molar-refractivity contribution in [3.63, 3.8) is 0 Å². The first-order valence-corrected chi connectivity index (χ1v) is 9.99. The highest BCUT2D eigenvalue weighted by atomic mass is 32.2. The van der Waals surface area contributed by atoms with Crippen LogP contribution in [0.4, 0.5) is 5.69 Å². The minimum Gasteiger partial charge on any atom is -0.258 e. The van der Waals surface area contributed by atoms with Crippen LogP contribution in [0, 0.1) is 24.0 Å². The Hall–Kier alpha value is -2.93. The summed E-state index contributed by atoms with van der Waals surface area (Å²) in [7, 11) is -3.73. The molecule has 0 aliphatic heterocycles. The van der Waals surface area contributed by atoms with Gasteiger partial charge in [0.15, 0.2) is 0 Å². The molecule has 0 atom stereocenters. The van der Waals surface area contributed by atoms with E-state index in [1.54, 1.807) is 56.3 Å². The first-order valence-electron chi connectivity index (χ1n) is 8.55. The van der Waals surface area contributed by atoms with Crippen LogP contribution in [0.3, 0.4) is 0 Å². The molecule has 0 amide bonds. The lowest BCUT2D eigenvalue weighted by Gasteiger charge is -2.11. The molecule has 0 saturated heterocycles. The van der Waals surface area contributed by atoms with Crippen LogP contribution < -0.4 is 0 Å². The summed E-state index contributed by atoms with van der Waals surface area (Å²) in [4.78, 5) is 10.7. The molecule has 7 heteroatoms. The Morgan fingerprint density at radius 2 is 1.56 bits per heavy atom. The maximum absolute atomic E-state index is 13.2. The van der Waals surface area contributed by atoms with E-state index in [2.05, 4.69) is 0 Å². The van der Waals surface area contributed by atoms with Gasteiger partial charge in [-0.15, -0.1) is 0 Å². The average Bonchev–Trinajstić information content (AvgIpc) is 2.92. The molecule has 3 aromatic rings. The Kier molecular flexibility index (Phi) is 4.89. The summed E-state index contributed by atoms with van der Waals surface area (Å²) in [5, 5.41) is 10.9. The SMILES string of the molecule is CCc1c(-c2ccc([N+](=O)[O-])cc2)c(C)n(S(=O)(=O)c2ccccc2)c1C. The van der Waals surface area contributed by atoms with E-state index in [9.17, 15) is 18.5 Å². The fourth-order valence-electron chi connectivity index (χ4n) is 3.50. The normalized spacial score (nSPS) is 11.5. The predicted molar refractivity (Wildman–Crippen MR) is 104 cm³/mol. The quantitative estimate of drug-likeness (QED) is 0.480. The summed E-state index contributed by atoms with van der Waals surface area (Å²) in [5.41, 5.74) is 3.75. The van der Waals surface area contributed by atoms with Crippen LogP contribution in [0.2, 0.25) is 0 Å². The van der Waals surface area contributed by atoms with Gasteiger partial charge in [-0.05, 0) is 55.7 Å². The third-order valence-corrected chi connectivity index (χ3v) is 6.61. The van der Waals surface area contributed by atoms with Crippen LogP contribution in [0.1, 0.15) is 23.9 Å². The van der Waals surface area contributed by atoms with Gasteiger partial charge in [-0.3, -0.25) is 10.1 Å². The van der Waals surface area contributed by atoms with Crippen molar-refractivity contribution in [2.24, 2.45) is 0 Å². The van der Waals surface area contributed by atoms with E-state index >= 15 is 0 Å². The van der Waals surface area contributed by atoms with Crippen molar-refractivity contribution < 1.29 is 13.3 Å². The van der Waals surface area contributed by atoms with Crippen LogP contribution in [0.25, 0.3) is 11.1 Å². The van der Waals surface area contributed by atoms with E-state index in [0.29, 0.717) is 17.8 Å². The summed E-state index contributed by atoms with van der Waals surface area (Å²) >= 11 is 0. The summed E-state index contributed by atoms with van der Waals surface area (Å²) in [6.45, 7) is 5.53. The molecule has 6 nitrogen and oxygen atoms in total. The predicted octanol–water partition coefficient (Wildman–Crippen LogP) is 4.48. The lowest BCUT2D eigenvalue weighted by atomic mass is 9.99. The number of hydrogen-bond acceptors (Lipinski definition) is 4. The number of aromatic nitrogens is 1.